The molecule has 1 aromatic carbocycles. The second-order valence-corrected chi connectivity index (χ2v) is 17.7. The molecular weight excluding hydrogens is 468 g/mol. The van der Waals surface area contributed by atoms with Crippen LogP contribution in [0.1, 0.15) is 19.5 Å². The molecule has 1 saturated carbocycles. The van der Waals surface area contributed by atoms with Crippen LogP contribution in [0.15, 0.2) is 23.1 Å². The zero-order valence-corrected chi connectivity index (χ0v) is 22.7. The van der Waals surface area contributed by atoms with Crippen molar-refractivity contribution in [3.63, 3.8) is 0 Å². The topological polar surface area (TPSA) is 96.7 Å². The van der Waals surface area contributed by atoms with Crippen molar-refractivity contribution in [1.82, 2.24) is 20.0 Å². The molecule has 1 saturated heterocycles. The maximum atomic E-state index is 13.1. The van der Waals surface area contributed by atoms with Crippen LogP contribution in [0.25, 0.3) is 10.9 Å². The Hall–Kier alpha value is -2.04. The van der Waals surface area contributed by atoms with E-state index in [0.717, 1.165) is 27.5 Å². The van der Waals surface area contributed by atoms with Gasteiger partial charge in [0.25, 0.3) is 0 Å². The number of carbonyl (C=O) groups is 2. The minimum Gasteiger partial charge on any atom is -0.465 e. The van der Waals surface area contributed by atoms with Crippen molar-refractivity contribution in [2.75, 3.05) is 26.0 Å². The smallest absolute Gasteiger partial charge is 0.407 e. The minimum absolute atomic E-state index is 0.0138. The highest BCUT2D eigenvalue weighted by Gasteiger charge is 2.60. The average molecular weight is 505 g/mol. The van der Waals surface area contributed by atoms with Gasteiger partial charge in [0, 0.05) is 44.0 Å². The lowest BCUT2D eigenvalue weighted by Crippen LogP contribution is -2.44. The Morgan fingerprint density at radius 2 is 1.94 bits per heavy atom. The third kappa shape index (κ3) is 4.99. The SMILES string of the molecule is CSc1cccc2c(C(C)(C)NC(=O)C3[C@H]4CN(C(=O)O)C[C@@H]34)nn(COCC[Si](C)(C)C)c12. The molecule has 2 heterocycles. The molecule has 1 aromatic heterocycles. The highest BCUT2D eigenvalue weighted by atomic mass is 32.2. The van der Waals surface area contributed by atoms with E-state index in [-0.39, 0.29) is 23.7 Å². The fourth-order valence-electron chi connectivity index (χ4n) is 4.98. The number of ether oxygens (including phenoxy) is 1. The van der Waals surface area contributed by atoms with E-state index >= 15 is 0 Å². The first-order valence-electron chi connectivity index (χ1n) is 11.8. The molecule has 1 aliphatic heterocycles. The first-order chi connectivity index (χ1) is 15.9. The number of nitrogens with zero attached hydrogens (tertiary/aromatic N) is 3. The Bertz CT molecular complexity index is 1080. The fraction of sp³-hybridized carbons (Fsp3) is 0.625. The number of carboxylic acid groups (broad SMARTS) is 1. The molecule has 186 valence electrons. The summed E-state index contributed by atoms with van der Waals surface area (Å²) in [5.41, 5.74) is 1.17. The number of likely N-dealkylation sites (tertiary alicyclic amines) is 1. The van der Waals surface area contributed by atoms with Gasteiger partial charge < -0.3 is 20.1 Å². The van der Waals surface area contributed by atoms with Gasteiger partial charge in [-0.1, -0.05) is 31.8 Å². The lowest BCUT2D eigenvalue weighted by molar-refractivity contribution is -0.125. The van der Waals surface area contributed by atoms with Crippen LogP contribution in [0.5, 0.6) is 0 Å². The third-order valence-electron chi connectivity index (χ3n) is 6.96. The van der Waals surface area contributed by atoms with Crippen molar-refractivity contribution in [1.29, 1.82) is 0 Å². The van der Waals surface area contributed by atoms with Gasteiger partial charge in [0.1, 0.15) is 6.73 Å². The molecule has 2 N–H and O–H groups in total. The van der Waals surface area contributed by atoms with E-state index in [1.807, 2.05) is 24.6 Å². The number of hydrogen-bond acceptors (Lipinski definition) is 5. The number of nitrogens with one attached hydrogen (secondary N) is 1. The second kappa shape index (κ2) is 9.20. The molecule has 0 bridgehead atoms. The first-order valence-corrected chi connectivity index (χ1v) is 16.8. The summed E-state index contributed by atoms with van der Waals surface area (Å²) in [6.45, 7) is 13.0. The van der Waals surface area contributed by atoms with Crippen LogP contribution in [0.2, 0.25) is 25.7 Å². The van der Waals surface area contributed by atoms with Crippen molar-refractivity contribution in [2.45, 2.75) is 56.7 Å². The highest BCUT2D eigenvalue weighted by Crippen LogP contribution is 2.52. The molecule has 0 radical (unpaired) electrons. The molecule has 2 aromatic rings. The quantitative estimate of drug-likeness (QED) is 0.301. The molecule has 2 aliphatic rings. The number of hydrogen-bond donors (Lipinski definition) is 2. The lowest BCUT2D eigenvalue weighted by atomic mass is 9.96. The summed E-state index contributed by atoms with van der Waals surface area (Å²) in [4.78, 5) is 26.8. The van der Waals surface area contributed by atoms with E-state index < -0.39 is 19.7 Å². The number of thioether (sulfide) groups is 1. The molecule has 1 unspecified atom stereocenters. The van der Waals surface area contributed by atoms with Crippen molar-refractivity contribution in [3.05, 3.63) is 23.9 Å². The van der Waals surface area contributed by atoms with Gasteiger partial charge in [-0.25, -0.2) is 9.48 Å². The van der Waals surface area contributed by atoms with Crippen LogP contribution in [0.3, 0.4) is 0 Å². The zero-order chi connectivity index (χ0) is 24.8. The van der Waals surface area contributed by atoms with E-state index in [9.17, 15) is 14.7 Å². The van der Waals surface area contributed by atoms with Crippen LogP contribution in [-0.4, -0.2) is 65.8 Å². The molecule has 3 atom stereocenters. The van der Waals surface area contributed by atoms with E-state index in [1.165, 1.54) is 4.90 Å². The van der Waals surface area contributed by atoms with Crippen LogP contribution in [0.4, 0.5) is 4.79 Å². The number of benzene rings is 1. The Labute approximate surface area is 206 Å². The van der Waals surface area contributed by atoms with Crippen molar-refractivity contribution in [3.8, 4) is 0 Å². The van der Waals surface area contributed by atoms with Crippen LogP contribution >= 0.6 is 11.8 Å². The normalized spacial score (nSPS) is 22.2. The summed E-state index contributed by atoms with van der Waals surface area (Å²) in [5, 5.41) is 18.3. The van der Waals surface area contributed by atoms with Gasteiger partial charge in [-0.15, -0.1) is 11.8 Å². The lowest BCUT2D eigenvalue weighted by Gasteiger charge is -2.26. The Balaban J connectivity index is 1.52. The minimum atomic E-state index is -1.18. The standard InChI is InChI=1S/C24H36N4O4SSi/c1-24(2,25-22(29)19-16-12-27(23(30)31)13-17(16)19)21-15-8-7-9-18(33-3)20(15)28(26-21)14-32-10-11-34(4,5)6/h7-9,16-17,19H,10-14H2,1-6H3,(H,25,29)(H,30,31)/t16-,17+,19?. The van der Waals surface area contributed by atoms with Crippen LogP contribution < -0.4 is 5.32 Å². The Morgan fingerprint density at radius 1 is 1.26 bits per heavy atom. The van der Waals surface area contributed by atoms with Gasteiger partial charge >= 0.3 is 6.09 Å². The summed E-state index contributed by atoms with van der Waals surface area (Å²) >= 11 is 1.67. The highest BCUT2D eigenvalue weighted by molar-refractivity contribution is 7.98. The number of carbonyl (C=O) groups excluding carboxylic acids is 1. The Morgan fingerprint density at radius 3 is 2.53 bits per heavy atom. The van der Waals surface area contributed by atoms with Gasteiger partial charge in [-0.05, 0) is 44.0 Å². The van der Waals surface area contributed by atoms with Crippen LogP contribution in [-0.2, 0) is 21.8 Å². The van der Waals surface area contributed by atoms with Crippen molar-refractivity contribution in [2.24, 2.45) is 17.8 Å². The maximum Gasteiger partial charge on any atom is 0.407 e. The van der Waals surface area contributed by atoms with E-state index in [2.05, 4.69) is 43.3 Å². The maximum absolute atomic E-state index is 13.1. The monoisotopic (exact) mass is 504 g/mol. The average Bonchev–Trinajstić information content (AvgIpc) is 3.08. The first kappa shape index (κ1) is 25.1. The number of aromatic nitrogens is 2. The number of fused-ring (bicyclic) bond motifs is 2. The molecule has 0 spiro atoms. The van der Waals surface area contributed by atoms with Crippen LogP contribution in [0, 0.1) is 17.8 Å². The summed E-state index contributed by atoms with van der Waals surface area (Å²) < 4.78 is 7.95. The summed E-state index contributed by atoms with van der Waals surface area (Å²) in [5.74, 6) is 0.128. The molecule has 34 heavy (non-hydrogen) atoms. The molecule has 10 heteroatoms. The summed E-state index contributed by atoms with van der Waals surface area (Å²) in [6.07, 6.45) is 1.15. The Kier molecular flexibility index (Phi) is 6.78. The van der Waals surface area contributed by atoms with Gasteiger partial charge in [-0.2, -0.15) is 5.10 Å². The molecule has 8 nitrogen and oxygen atoms in total. The van der Waals surface area contributed by atoms with Gasteiger partial charge in [0.15, 0.2) is 0 Å². The number of piperidine rings is 1. The predicted octanol–water partition coefficient (Wildman–Crippen LogP) is 4.28. The number of para-hydroxylation sites is 1. The number of rotatable bonds is 9. The molecular formula is C24H36N4O4SSi. The summed E-state index contributed by atoms with van der Waals surface area (Å²) in [6, 6.07) is 7.26. The molecule has 2 amide bonds. The number of amides is 2. The second-order valence-electron chi connectivity index (χ2n) is 11.2. The summed E-state index contributed by atoms with van der Waals surface area (Å²) in [7, 11) is -1.18. The van der Waals surface area contributed by atoms with Gasteiger partial charge in [0.2, 0.25) is 5.91 Å². The van der Waals surface area contributed by atoms with Gasteiger partial charge in [0.05, 0.1) is 16.7 Å². The van der Waals surface area contributed by atoms with Crippen molar-refractivity contribution >= 4 is 42.7 Å². The van der Waals surface area contributed by atoms with E-state index in [0.29, 0.717) is 26.4 Å². The van der Waals surface area contributed by atoms with Gasteiger partial charge in [-0.3, -0.25) is 4.79 Å². The van der Waals surface area contributed by atoms with E-state index in [4.69, 9.17) is 9.84 Å². The third-order valence-corrected chi connectivity index (χ3v) is 9.43. The molecule has 4 rings (SSSR count). The predicted molar refractivity (Wildman–Crippen MR) is 137 cm³/mol. The fourth-order valence-corrected chi connectivity index (χ4v) is 6.36. The van der Waals surface area contributed by atoms with Crippen molar-refractivity contribution < 1.29 is 19.4 Å². The molecule has 2 fully saturated rings. The largest absolute Gasteiger partial charge is 0.465 e. The molecule has 1 aliphatic carbocycles. The zero-order valence-electron chi connectivity index (χ0n) is 20.9. The van der Waals surface area contributed by atoms with E-state index in [1.54, 1.807) is 11.8 Å².